The number of hydrogen-bond acceptors (Lipinski definition) is 5. The Kier molecular flexibility index (Phi) is 3.81. The van der Waals surface area contributed by atoms with Crippen LogP contribution in [0.5, 0.6) is 5.75 Å². The maximum atomic E-state index is 6.15. The molecule has 1 aromatic heterocycles. The zero-order valence-electron chi connectivity index (χ0n) is 12.6. The third-order valence-corrected chi connectivity index (χ3v) is 3.24. The maximum Gasteiger partial charge on any atom is 0.261 e. The molecule has 0 radical (unpaired) electrons. The largest absolute Gasteiger partial charge is 0.496 e. The highest BCUT2D eigenvalue weighted by Gasteiger charge is 2.27. The molecule has 2 N–H and O–H groups in total. The number of benzene rings is 1. The van der Waals surface area contributed by atoms with E-state index in [0.717, 1.165) is 11.1 Å². The Bertz CT molecular complexity index is 599. The van der Waals surface area contributed by atoms with Crippen LogP contribution in [0.1, 0.15) is 38.2 Å². The van der Waals surface area contributed by atoms with Gasteiger partial charge in [-0.05, 0) is 24.5 Å². The first-order valence-electron chi connectivity index (χ1n) is 6.57. The van der Waals surface area contributed by atoms with E-state index in [1.165, 1.54) is 0 Å². The summed E-state index contributed by atoms with van der Waals surface area (Å²) in [4.78, 5) is 4.41. The normalized spacial score (nSPS) is 13.3. The molecule has 5 nitrogen and oxygen atoms in total. The summed E-state index contributed by atoms with van der Waals surface area (Å²) in [6.07, 6.45) is 0. The number of ether oxygens (including phenoxy) is 1. The fourth-order valence-electron chi connectivity index (χ4n) is 1.85. The fraction of sp³-hybridized carbons (Fsp3) is 0.467. The zero-order chi connectivity index (χ0) is 14.9. The third kappa shape index (κ3) is 2.82. The Labute approximate surface area is 119 Å². The first-order chi connectivity index (χ1) is 9.32. The zero-order valence-corrected chi connectivity index (χ0v) is 12.6. The Morgan fingerprint density at radius 3 is 2.60 bits per heavy atom. The van der Waals surface area contributed by atoms with Crippen molar-refractivity contribution in [3.8, 4) is 17.2 Å². The summed E-state index contributed by atoms with van der Waals surface area (Å²) in [5, 5.41) is 4.00. The lowest BCUT2D eigenvalue weighted by Gasteiger charge is -2.23. The van der Waals surface area contributed by atoms with Gasteiger partial charge in [0.05, 0.1) is 18.7 Å². The van der Waals surface area contributed by atoms with Crippen LogP contribution in [0.2, 0.25) is 0 Å². The molecule has 5 heteroatoms. The Morgan fingerprint density at radius 1 is 1.30 bits per heavy atom. The van der Waals surface area contributed by atoms with Crippen LogP contribution in [-0.4, -0.2) is 17.3 Å². The smallest absolute Gasteiger partial charge is 0.261 e. The van der Waals surface area contributed by atoms with Crippen molar-refractivity contribution in [2.45, 2.75) is 33.7 Å². The second-order valence-electron chi connectivity index (χ2n) is 6.01. The van der Waals surface area contributed by atoms with Gasteiger partial charge in [-0.25, -0.2) is 0 Å². The molecule has 0 amide bonds. The van der Waals surface area contributed by atoms with Crippen LogP contribution in [0.15, 0.2) is 22.7 Å². The molecule has 0 saturated heterocycles. The summed E-state index contributed by atoms with van der Waals surface area (Å²) >= 11 is 0. The van der Waals surface area contributed by atoms with Crippen molar-refractivity contribution in [1.29, 1.82) is 0 Å². The van der Waals surface area contributed by atoms with Crippen LogP contribution in [0, 0.1) is 12.3 Å². The van der Waals surface area contributed by atoms with E-state index in [1.807, 2.05) is 45.9 Å². The molecule has 0 aliphatic heterocycles. The number of hydrogen-bond donors (Lipinski definition) is 1. The summed E-state index contributed by atoms with van der Waals surface area (Å²) in [5.74, 6) is 1.64. The molecule has 2 aromatic rings. The van der Waals surface area contributed by atoms with Crippen LogP contribution in [-0.2, 0) is 0 Å². The molecule has 0 aliphatic carbocycles. The Hall–Kier alpha value is -1.88. The van der Waals surface area contributed by atoms with E-state index in [-0.39, 0.29) is 11.5 Å². The number of aryl methyl sites for hydroxylation is 1. The SMILES string of the molecule is COc1ccc(C)cc1-c1nc(C(N)C(C)(C)C)no1. The second-order valence-corrected chi connectivity index (χ2v) is 6.01. The molecule has 0 saturated carbocycles. The van der Waals surface area contributed by atoms with Crippen LogP contribution in [0.4, 0.5) is 0 Å². The van der Waals surface area contributed by atoms with Gasteiger partial charge in [0.15, 0.2) is 5.82 Å². The lowest BCUT2D eigenvalue weighted by molar-refractivity contribution is 0.303. The van der Waals surface area contributed by atoms with Gasteiger partial charge < -0.3 is 15.0 Å². The number of rotatable bonds is 3. The van der Waals surface area contributed by atoms with E-state index in [1.54, 1.807) is 7.11 Å². The standard InChI is InChI=1S/C15H21N3O2/c1-9-6-7-11(19-5)10(8-9)14-17-13(18-20-14)12(16)15(2,3)4/h6-8,12H,16H2,1-5H3. The highest BCUT2D eigenvalue weighted by molar-refractivity contribution is 5.63. The minimum Gasteiger partial charge on any atom is -0.496 e. The lowest BCUT2D eigenvalue weighted by Crippen LogP contribution is -2.27. The van der Waals surface area contributed by atoms with E-state index in [4.69, 9.17) is 15.0 Å². The van der Waals surface area contributed by atoms with E-state index in [9.17, 15) is 0 Å². The molecule has 0 fully saturated rings. The minimum absolute atomic E-state index is 0.127. The summed E-state index contributed by atoms with van der Waals surface area (Å²) < 4.78 is 10.7. The first-order valence-corrected chi connectivity index (χ1v) is 6.57. The van der Waals surface area contributed by atoms with Crippen molar-refractivity contribution in [2.24, 2.45) is 11.1 Å². The minimum atomic E-state index is -0.282. The first kappa shape index (κ1) is 14.5. The molecular formula is C15H21N3O2. The second kappa shape index (κ2) is 5.25. The number of nitrogens with zero attached hydrogens (tertiary/aromatic N) is 2. The Balaban J connectivity index is 2.41. The average Bonchev–Trinajstić information content (AvgIpc) is 2.86. The van der Waals surface area contributed by atoms with Gasteiger partial charge in [-0.1, -0.05) is 37.6 Å². The highest BCUT2D eigenvalue weighted by atomic mass is 16.5. The predicted molar refractivity (Wildman–Crippen MR) is 77.4 cm³/mol. The van der Waals surface area contributed by atoms with Gasteiger partial charge >= 0.3 is 0 Å². The molecule has 0 bridgehead atoms. The molecule has 1 atom stereocenters. The van der Waals surface area contributed by atoms with Crippen molar-refractivity contribution in [3.05, 3.63) is 29.6 Å². The molecule has 1 unspecified atom stereocenters. The van der Waals surface area contributed by atoms with Crippen molar-refractivity contribution in [3.63, 3.8) is 0 Å². The van der Waals surface area contributed by atoms with Crippen LogP contribution in [0.25, 0.3) is 11.5 Å². The molecule has 1 aromatic carbocycles. The molecular weight excluding hydrogens is 254 g/mol. The molecule has 2 rings (SSSR count). The summed E-state index contributed by atoms with van der Waals surface area (Å²) in [6.45, 7) is 8.13. The van der Waals surface area contributed by atoms with Gasteiger partial charge in [0.25, 0.3) is 5.89 Å². The number of methoxy groups -OCH3 is 1. The highest BCUT2D eigenvalue weighted by Crippen LogP contribution is 2.33. The van der Waals surface area contributed by atoms with Crippen LogP contribution >= 0.6 is 0 Å². The number of aromatic nitrogens is 2. The maximum absolute atomic E-state index is 6.15. The molecule has 0 aliphatic rings. The Morgan fingerprint density at radius 2 is 2.00 bits per heavy atom. The number of nitrogens with two attached hydrogens (primary N) is 1. The molecule has 1 heterocycles. The summed E-state index contributed by atoms with van der Waals surface area (Å²) in [6, 6.07) is 5.54. The molecule has 108 valence electrons. The fourth-order valence-corrected chi connectivity index (χ4v) is 1.85. The van der Waals surface area contributed by atoms with Crippen molar-refractivity contribution in [2.75, 3.05) is 7.11 Å². The van der Waals surface area contributed by atoms with E-state index >= 15 is 0 Å². The summed E-state index contributed by atoms with van der Waals surface area (Å²) in [7, 11) is 1.62. The van der Waals surface area contributed by atoms with Crippen LogP contribution < -0.4 is 10.5 Å². The predicted octanol–water partition coefficient (Wildman–Crippen LogP) is 3.10. The van der Waals surface area contributed by atoms with Gasteiger partial charge in [0.1, 0.15) is 5.75 Å². The molecule has 0 spiro atoms. The summed E-state index contributed by atoms with van der Waals surface area (Å²) in [5.41, 5.74) is 7.90. The van der Waals surface area contributed by atoms with Gasteiger partial charge in [0.2, 0.25) is 0 Å². The monoisotopic (exact) mass is 275 g/mol. The van der Waals surface area contributed by atoms with E-state index in [0.29, 0.717) is 17.5 Å². The lowest BCUT2D eigenvalue weighted by atomic mass is 9.87. The van der Waals surface area contributed by atoms with E-state index < -0.39 is 0 Å². The third-order valence-electron chi connectivity index (χ3n) is 3.24. The van der Waals surface area contributed by atoms with Gasteiger partial charge in [0, 0.05) is 0 Å². The van der Waals surface area contributed by atoms with Gasteiger partial charge in [-0.3, -0.25) is 0 Å². The van der Waals surface area contributed by atoms with Crippen molar-refractivity contribution in [1.82, 2.24) is 10.1 Å². The van der Waals surface area contributed by atoms with Gasteiger partial charge in [-0.2, -0.15) is 4.98 Å². The topological polar surface area (TPSA) is 74.2 Å². The average molecular weight is 275 g/mol. The van der Waals surface area contributed by atoms with Gasteiger partial charge in [-0.15, -0.1) is 0 Å². The van der Waals surface area contributed by atoms with Crippen molar-refractivity contribution < 1.29 is 9.26 Å². The van der Waals surface area contributed by atoms with E-state index in [2.05, 4.69) is 10.1 Å². The van der Waals surface area contributed by atoms with Crippen LogP contribution in [0.3, 0.4) is 0 Å². The quantitative estimate of drug-likeness (QED) is 0.931. The van der Waals surface area contributed by atoms with Crippen molar-refractivity contribution >= 4 is 0 Å². The molecule has 20 heavy (non-hydrogen) atoms.